The van der Waals surface area contributed by atoms with Crippen molar-refractivity contribution in [3.8, 4) is 0 Å². The minimum Gasteiger partial charge on any atom is -0.388 e. The zero-order valence-corrected chi connectivity index (χ0v) is 9.58. The lowest BCUT2D eigenvalue weighted by Crippen LogP contribution is -2.37. The van der Waals surface area contributed by atoms with Gasteiger partial charge in [0.1, 0.15) is 0 Å². The fourth-order valence-electron chi connectivity index (χ4n) is 1.75. The molecule has 2 heterocycles. The fourth-order valence-corrected chi connectivity index (χ4v) is 2.50. The molecule has 1 aliphatic rings. The summed E-state index contributed by atoms with van der Waals surface area (Å²) < 4.78 is 5.28. The van der Waals surface area contributed by atoms with Crippen LogP contribution < -0.4 is 0 Å². The molecule has 0 aliphatic carbocycles. The Balaban J connectivity index is 1.73. The number of nitrogens with zero attached hydrogens (tertiary/aromatic N) is 1. The predicted octanol–water partition coefficient (Wildman–Crippen LogP) is 1.50. The zero-order chi connectivity index (χ0) is 10.5. The Hall–Kier alpha value is -0.420. The van der Waals surface area contributed by atoms with Gasteiger partial charge in [-0.1, -0.05) is 6.07 Å². The fraction of sp³-hybridized carbons (Fsp3) is 0.636. The summed E-state index contributed by atoms with van der Waals surface area (Å²) in [6.45, 7) is 4.61. The summed E-state index contributed by atoms with van der Waals surface area (Å²) in [6, 6.07) is 3.98. The highest BCUT2D eigenvalue weighted by atomic mass is 32.1. The molecule has 84 valence electrons. The summed E-state index contributed by atoms with van der Waals surface area (Å²) in [5.41, 5.74) is 0. The van der Waals surface area contributed by atoms with Gasteiger partial charge in [-0.25, -0.2) is 0 Å². The van der Waals surface area contributed by atoms with Crippen LogP contribution in [0.15, 0.2) is 17.5 Å². The van der Waals surface area contributed by atoms with E-state index in [4.69, 9.17) is 4.74 Å². The number of aliphatic hydroxyl groups excluding tert-OH is 1. The summed E-state index contributed by atoms with van der Waals surface area (Å²) in [6.07, 6.45) is 0.522. The van der Waals surface area contributed by atoms with E-state index in [0.29, 0.717) is 0 Å². The van der Waals surface area contributed by atoms with Crippen molar-refractivity contribution in [1.29, 1.82) is 0 Å². The Kier molecular flexibility index (Phi) is 4.14. The summed E-state index contributed by atoms with van der Waals surface area (Å²) >= 11 is 1.62. The van der Waals surface area contributed by atoms with Gasteiger partial charge in [0, 0.05) is 24.5 Å². The SMILES string of the molecule is O[C@@H](CCN1CCOCC1)c1cccs1. The van der Waals surface area contributed by atoms with E-state index < -0.39 is 0 Å². The number of aliphatic hydroxyl groups is 1. The summed E-state index contributed by atoms with van der Waals surface area (Å²) in [5.74, 6) is 0. The molecule has 1 aromatic heterocycles. The molecule has 1 aromatic rings. The van der Waals surface area contributed by atoms with E-state index in [1.807, 2.05) is 17.5 Å². The highest BCUT2D eigenvalue weighted by Crippen LogP contribution is 2.21. The van der Waals surface area contributed by atoms with E-state index >= 15 is 0 Å². The maximum atomic E-state index is 9.89. The maximum Gasteiger partial charge on any atom is 0.0894 e. The minimum absolute atomic E-state index is 0.298. The quantitative estimate of drug-likeness (QED) is 0.846. The monoisotopic (exact) mass is 227 g/mol. The van der Waals surface area contributed by atoms with Crippen LogP contribution in [0.4, 0.5) is 0 Å². The molecule has 0 amide bonds. The van der Waals surface area contributed by atoms with Gasteiger partial charge in [0.25, 0.3) is 0 Å². The van der Waals surface area contributed by atoms with Crippen LogP contribution in [-0.4, -0.2) is 42.9 Å². The van der Waals surface area contributed by atoms with Crippen LogP contribution in [0.5, 0.6) is 0 Å². The second-order valence-corrected chi connectivity index (χ2v) is 4.75. The molecule has 0 aromatic carbocycles. The molecule has 1 N–H and O–H groups in total. The molecular weight excluding hydrogens is 210 g/mol. The van der Waals surface area contributed by atoms with Crippen molar-refractivity contribution in [1.82, 2.24) is 4.90 Å². The molecule has 3 nitrogen and oxygen atoms in total. The smallest absolute Gasteiger partial charge is 0.0894 e. The average Bonchev–Trinajstić information content (AvgIpc) is 2.81. The topological polar surface area (TPSA) is 32.7 Å². The predicted molar refractivity (Wildman–Crippen MR) is 61.2 cm³/mol. The van der Waals surface area contributed by atoms with Gasteiger partial charge in [-0.2, -0.15) is 0 Å². The van der Waals surface area contributed by atoms with Crippen LogP contribution in [-0.2, 0) is 4.74 Å². The third-order valence-electron chi connectivity index (χ3n) is 2.69. The van der Waals surface area contributed by atoms with E-state index in [0.717, 1.165) is 44.1 Å². The first kappa shape index (κ1) is 11.1. The molecule has 1 saturated heterocycles. The molecule has 1 aliphatic heterocycles. The second-order valence-electron chi connectivity index (χ2n) is 3.77. The van der Waals surface area contributed by atoms with Gasteiger partial charge in [0.15, 0.2) is 0 Å². The van der Waals surface area contributed by atoms with Crippen molar-refractivity contribution in [2.45, 2.75) is 12.5 Å². The van der Waals surface area contributed by atoms with Crippen LogP contribution in [0, 0.1) is 0 Å². The number of hydrogen-bond acceptors (Lipinski definition) is 4. The summed E-state index contributed by atoms with van der Waals surface area (Å²) in [4.78, 5) is 3.42. The molecule has 0 spiro atoms. The minimum atomic E-state index is -0.298. The molecule has 4 heteroatoms. The van der Waals surface area contributed by atoms with Crippen molar-refractivity contribution in [2.24, 2.45) is 0 Å². The van der Waals surface area contributed by atoms with E-state index in [2.05, 4.69) is 4.90 Å². The Bertz CT molecular complexity index is 270. The first-order valence-electron chi connectivity index (χ1n) is 5.38. The summed E-state index contributed by atoms with van der Waals surface area (Å²) in [5, 5.41) is 11.9. The Morgan fingerprint density at radius 1 is 1.47 bits per heavy atom. The van der Waals surface area contributed by atoms with E-state index in [9.17, 15) is 5.11 Å². The van der Waals surface area contributed by atoms with Gasteiger partial charge < -0.3 is 9.84 Å². The largest absolute Gasteiger partial charge is 0.388 e. The van der Waals surface area contributed by atoms with Gasteiger partial charge in [0.05, 0.1) is 19.3 Å². The molecule has 1 fully saturated rings. The lowest BCUT2D eigenvalue weighted by atomic mass is 10.2. The third-order valence-corrected chi connectivity index (χ3v) is 3.67. The van der Waals surface area contributed by atoms with Gasteiger partial charge in [-0.05, 0) is 17.9 Å². The van der Waals surface area contributed by atoms with Crippen molar-refractivity contribution in [2.75, 3.05) is 32.8 Å². The lowest BCUT2D eigenvalue weighted by Gasteiger charge is -2.27. The summed E-state index contributed by atoms with van der Waals surface area (Å²) in [7, 11) is 0. The van der Waals surface area contributed by atoms with Crippen LogP contribution in [0.1, 0.15) is 17.4 Å². The number of thiophene rings is 1. The highest BCUT2D eigenvalue weighted by molar-refractivity contribution is 7.10. The molecule has 0 saturated carbocycles. The van der Waals surface area contributed by atoms with Crippen LogP contribution in [0.2, 0.25) is 0 Å². The van der Waals surface area contributed by atoms with E-state index in [1.54, 1.807) is 11.3 Å². The number of morpholine rings is 1. The Morgan fingerprint density at radius 3 is 2.93 bits per heavy atom. The molecule has 2 rings (SSSR count). The van der Waals surface area contributed by atoms with Crippen LogP contribution in [0.3, 0.4) is 0 Å². The maximum absolute atomic E-state index is 9.89. The second kappa shape index (κ2) is 5.61. The zero-order valence-electron chi connectivity index (χ0n) is 8.76. The molecular formula is C11H17NO2S. The van der Waals surface area contributed by atoms with Crippen LogP contribution >= 0.6 is 11.3 Å². The van der Waals surface area contributed by atoms with Gasteiger partial charge in [0.2, 0.25) is 0 Å². The standard InChI is InChI=1S/C11H17NO2S/c13-10(11-2-1-9-15-11)3-4-12-5-7-14-8-6-12/h1-2,9-10,13H,3-8H2/t10-/m0/s1. The van der Waals surface area contributed by atoms with Crippen molar-refractivity contribution in [3.05, 3.63) is 22.4 Å². The first-order valence-corrected chi connectivity index (χ1v) is 6.26. The molecule has 15 heavy (non-hydrogen) atoms. The molecule has 1 atom stereocenters. The number of ether oxygens (including phenoxy) is 1. The first-order chi connectivity index (χ1) is 7.36. The van der Waals surface area contributed by atoms with Crippen molar-refractivity contribution >= 4 is 11.3 Å². The lowest BCUT2D eigenvalue weighted by molar-refractivity contribution is 0.0303. The van der Waals surface area contributed by atoms with E-state index in [1.165, 1.54) is 0 Å². The average molecular weight is 227 g/mol. The number of hydrogen-bond donors (Lipinski definition) is 1. The van der Waals surface area contributed by atoms with Crippen LogP contribution in [0.25, 0.3) is 0 Å². The molecule has 0 bridgehead atoms. The molecule has 0 unspecified atom stereocenters. The number of rotatable bonds is 4. The normalized spacial score (nSPS) is 20.3. The van der Waals surface area contributed by atoms with Gasteiger partial charge in [-0.3, -0.25) is 4.90 Å². The van der Waals surface area contributed by atoms with Crippen molar-refractivity contribution in [3.63, 3.8) is 0 Å². The van der Waals surface area contributed by atoms with Crippen molar-refractivity contribution < 1.29 is 9.84 Å². The molecule has 0 radical (unpaired) electrons. The van der Waals surface area contributed by atoms with Gasteiger partial charge >= 0.3 is 0 Å². The van der Waals surface area contributed by atoms with E-state index in [-0.39, 0.29) is 6.10 Å². The third kappa shape index (κ3) is 3.28. The Morgan fingerprint density at radius 2 is 2.27 bits per heavy atom. The van der Waals surface area contributed by atoms with Gasteiger partial charge in [-0.15, -0.1) is 11.3 Å². The highest BCUT2D eigenvalue weighted by Gasteiger charge is 2.13. The Labute approximate surface area is 94.3 Å².